The van der Waals surface area contributed by atoms with E-state index in [4.69, 9.17) is 0 Å². The third-order valence-corrected chi connectivity index (χ3v) is 5.71. The molecule has 7 nitrogen and oxygen atoms in total. The molecule has 1 N–H and O–H groups in total. The van der Waals surface area contributed by atoms with Crippen molar-refractivity contribution in [1.82, 2.24) is 24.3 Å². The summed E-state index contributed by atoms with van der Waals surface area (Å²) in [5.41, 5.74) is 2.39. The molecule has 5 aromatic rings. The summed E-state index contributed by atoms with van der Waals surface area (Å²) in [6.07, 6.45) is 6.17. The molecule has 0 radical (unpaired) electrons. The zero-order valence-electron chi connectivity index (χ0n) is 16.0. The van der Waals surface area contributed by atoms with E-state index in [0.29, 0.717) is 18.1 Å². The van der Waals surface area contributed by atoms with Gasteiger partial charge in [0.15, 0.2) is 0 Å². The van der Waals surface area contributed by atoms with E-state index < -0.39 is 0 Å². The average molecular weight is 414 g/mol. The first kappa shape index (κ1) is 18.3. The summed E-state index contributed by atoms with van der Waals surface area (Å²) in [6.45, 7) is 0.575. The van der Waals surface area contributed by atoms with Gasteiger partial charge in [-0.05, 0) is 54.3 Å². The summed E-state index contributed by atoms with van der Waals surface area (Å²) in [5, 5.41) is 10.3. The van der Waals surface area contributed by atoms with Crippen molar-refractivity contribution in [3.8, 4) is 5.69 Å². The van der Waals surface area contributed by atoms with Gasteiger partial charge in [-0.15, -0.1) is 11.3 Å². The van der Waals surface area contributed by atoms with Crippen LogP contribution >= 0.6 is 11.3 Å². The van der Waals surface area contributed by atoms with Gasteiger partial charge in [-0.3, -0.25) is 9.36 Å². The fourth-order valence-electron chi connectivity index (χ4n) is 3.27. The van der Waals surface area contributed by atoms with E-state index in [1.807, 2.05) is 48.0 Å². The minimum atomic E-state index is -0.0627. The van der Waals surface area contributed by atoms with E-state index in [1.165, 1.54) is 4.88 Å². The maximum atomic E-state index is 12.5. The molecule has 0 bridgehead atoms. The second-order valence-electron chi connectivity index (χ2n) is 6.75. The molecule has 0 saturated heterocycles. The Labute approximate surface area is 176 Å². The van der Waals surface area contributed by atoms with Crippen molar-refractivity contribution in [3.63, 3.8) is 0 Å². The van der Waals surface area contributed by atoms with Crippen LogP contribution in [0.5, 0.6) is 0 Å². The highest BCUT2D eigenvalue weighted by Crippen LogP contribution is 2.18. The van der Waals surface area contributed by atoms with Gasteiger partial charge in [0.05, 0.1) is 5.69 Å². The molecule has 4 aromatic heterocycles. The van der Waals surface area contributed by atoms with Crippen LogP contribution in [0.3, 0.4) is 0 Å². The molecule has 0 spiro atoms. The van der Waals surface area contributed by atoms with E-state index in [0.717, 1.165) is 23.2 Å². The highest BCUT2D eigenvalue weighted by molar-refractivity contribution is 7.09. The SMILES string of the molecule is O=c1ccc2cnc(Nc3ccc(-n4cccn4)cc3)nc2n1CCc1cccs1. The zero-order chi connectivity index (χ0) is 20.3. The normalized spacial score (nSPS) is 11.1. The predicted octanol–water partition coefficient (Wildman–Crippen LogP) is 4.03. The number of thiophene rings is 1. The van der Waals surface area contributed by atoms with E-state index in [-0.39, 0.29) is 5.56 Å². The number of hydrogen-bond acceptors (Lipinski definition) is 6. The molecule has 0 aliphatic carbocycles. The molecule has 0 unspecified atom stereocenters. The standard InChI is InChI=1S/C22H18N6OS/c29-20-9-4-16-15-23-22(26-21(16)27(20)13-10-19-3-1-14-30-19)25-17-5-7-18(8-6-17)28-12-2-11-24-28/h1-9,11-12,14-15H,10,13H2,(H,23,25,26). The second kappa shape index (κ2) is 7.92. The van der Waals surface area contributed by atoms with Gasteiger partial charge >= 0.3 is 0 Å². The summed E-state index contributed by atoms with van der Waals surface area (Å²) in [4.78, 5) is 22.8. The number of pyridine rings is 1. The average Bonchev–Trinajstić information content (AvgIpc) is 3.48. The molecular weight excluding hydrogens is 396 g/mol. The number of nitrogens with zero attached hydrogens (tertiary/aromatic N) is 5. The first-order valence-electron chi connectivity index (χ1n) is 9.52. The summed E-state index contributed by atoms with van der Waals surface area (Å²) in [5.74, 6) is 0.449. The Morgan fingerprint density at radius 3 is 2.70 bits per heavy atom. The van der Waals surface area contributed by atoms with Gasteiger partial charge < -0.3 is 5.32 Å². The van der Waals surface area contributed by atoms with Crippen LogP contribution in [0.25, 0.3) is 16.7 Å². The highest BCUT2D eigenvalue weighted by atomic mass is 32.1. The van der Waals surface area contributed by atoms with Gasteiger partial charge in [0.25, 0.3) is 5.56 Å². The molecular formula is C22H18N6OS. The number of aromatic nitrogens is 5. The molecule has 0 atom stereocenters. The van der Waals surface area contributed by atoms with Crippen molar-refractivity contribution in [1.29, 1.82) is 0 Å². The minimum absolute atomic E-state index is 0.0627. The first-order chi connectivity index (χ1) is 14.8. The maximum Gasteiger partial charge on any atom is 0.252 e. The van der Waals surface area contributed by atoms with Crippen LogP contribution in [0, 0.1) is 0 Å². The summed E-state index contributed by atoms with van der Waals surface area (Å²) >= 11 is 1.69. The Bertz CT molecular complexity index is 1320. The Kier molecular flexibility index (Phi) is 4.82. The van der Waals surface area contributed by atoms with Gasteiger partial charge in [0.1, 0.15) is 5.65 Å². The molecule has 30 heavy (non-hydrogen) atoms. The van der Waals surface area contributed by atoms with Crippen LogP contribution in [-0.4, -0.2) is 24.3 Å². The Balaban J connectivity index is 1.42. The lowest BCUT2D eigenvalue weighted by Gasteiger charge is -2.11. The van der Waals surface area contributed by atoms with Crippen LogP contribution in [-0.2, 0) is 13.0 Å². The summed E-state index contributed by atoms with van der Waals surface area (Å²) in [6, 6.07) is 17.1. The van der Waals surface area contributed by atoms with Crippen molar-refractivity contribution < 1.29 is 0 Å². The minimum Gasteiger partial charge on any atom is -0.324 e. The van der Waals surface area contributed by atoms with Crippen LogP contribution in [0.15, 0.2) is 83.4 Å². The summed E-state index contributed by atoms with van der Waals surface area (Å²) in [7, 11) is 0. The molecule has 0 amide bonds. The van der Waals surface area contributed by atoms with Gasteiger partial charge in [-0.1, -0.05) is 6.07 Å². The maximum absolute atomic E-state index is 12.5. The number of rotatable bonds is 6. The van der Waals surface area contributed by atoms with Gasteiger partial charge in [0.2, 0.25) is 5.95 Å². The Morgan fingerprint density at radius 2 is 1.93 bits per heavy atom. The van der Waals surface area contributed by atoms with Crippen molar-refractivity contribution in [2.45, 2.75) is 13.0 Å². The Morgan fingerprint density at radius 1 is 1.03 bits per heavy atom. The third-order valence-electron chi connectivity index (χ3n) is 4.78. The molecule has 4 heterocycles. The topological polar surface area (TPSA) is 77.6 Å². The van der Waals surface area contributed by atoms with Crippen molar-refractivity contribution in [3.05, 3.63) is 93.8 Å². The van der Waals surface area contributed by atoms with Crippen LogP contribution in [0.1, 0.15) is 4.88 Å². The molecule has 1 aromatic carbocycles. The highest BCUT2D eigenvalue weighted by Gasteiger charge is 2.08. The first-order valence-corrected chi connectivity index (χ1v) is 10.4. The molecule has 5 rings (SSSR count). The number of anilines is 2. The van der Waals surface area contributed by atoms with Crippen LogP contribution < -0.4 is 10.9 Å². The number of benzene rings is 1. The molecule has 0 aliphatic rings. The smallest absolute Gasteiger partial charge is 0.252 e. The summed E-state index contributed by atoms with van der Waals surface area (Å²) < 4.78 is 3.51. The monoisotopic (exact) mass is 414 g/mol. The van der Waals surface area contributed by atoms with Gasteiger partial charge in [-0.2, -0.15) is 10.1 Å². The lowest BCUT2D eigenvalue weighted by atomic mass is 10.3. The molecule has 0 fully saturated rings. The van der Waals surface area contributed by atoms with Crippen molar-refractivity contribution >= 4 is 34.0 Å². The van der Waals surface area contributed by atoms with E-state index >= 15 is 0 Å². The quantitative estimate of drug-likeness (QED) is 0.454. The second-order valence-corrected chi connectivity index (χ2v) is 7.78. The predicted molar refractivity (Wildman–Crippen MR) is 119 cm³/mol. The van der Waals surface area contributed by atoms with Crippen LogP contribution in [0.4, 0.5) is 11.6 Å². The fourth-order valence-corrected chi connectivity index (χ4v) is 3.97. The van der Waals surface area contributed by atoms with E-state index in [9.17, 15) is 4.79 Å². The fraction of sp³-hybridized carbons (Fsp3) is 0.0909. The zero-order valence-corrected chi connectivity index (χ0v) is 16.8. The molecule has 148 valence electrons. The van der Waals surface area contributed by atoms with E-state index in [2.05, 4.69) is 26.4 Å². The Hall–Kier alpha value is -3.78. The van der Waals surface area contributed by atoms with Crippen molar-refractivity contribution in [2.24, 2.45) is 0 Å². The molecule has 0 aliphatic heterocycles. The number of nitrogens with one attached hydrogen (secondary N) is 1. The van der Waals surface area contributed by atoms with Crippen LogP contribution in [0.2, 0.25) is 0 Å². The molecule has 0 saturated carbocycles. The lowest BCUT2D eigenvalue weighted by Crippen LogP contribution is -2.21. The lowest BCUT2D eigenvalue weighted by molar-refractivity contribution is 0.693. The van der Waals surface area contributed by atoms with Gasteiger partial charge in [-0.25, -0.2) is 9.67 Å². The number of hydrogen-bond donors (Lipinski definition) is 1. The van der Waals surface area contributed by atoms with Gasteiger partial charge in [0, 0.05) is 47.2 Å². The van der Waals surface area contributed by atoms with E-state index in [1.54, 1.807) is 45.1 Å². The van der Waals surface area contributed by atoms with Crippen molar-refractivity contribution in [2.75, 3.05) is 5.32 Å². The number of aryl methyl sites for hydroxylation is 2. The largest absolute Gasteiger partial charge is 0.324 e. The molecule has 8 heteroatoms. The number of fused-ring (bicyclic) bond motifs is 1. The third kappa shape index (κ3) is 3.72.